The van der Waals surface area contributed by atoms with Crippen molar-refractivity contribution in [1.82, 2.24) is 10.2 Å². The Labute approximate surface area is 93.0 Å². The van der Waals surface area contributed by atoms with Crippen molar-refractivity contribution < 1.29 is 9.53 Å². The lowest BCUT2D eigenvalue weighted by atomic mass is 10.2. The van der Waals surface area contributed by atoms with Gasteiger partial charge in [0.1, 0.15) is 0 Å². The van der Waals surface area contributed by atoms with Crippen LogP contribution in [0, 0.1) is 0 Å². The first kappa shape index (κ1) is 14.4. The average molecular weight is 216 g/mol. The van der Waals surface area contributed by atoms with Gasteiger partial charge in [-0.15, -0.1) is 0 Å². The number of nitrogens with zero attached hydrogens (tertiary/aromatic N) is 1. The summed E-state index contributed by atoms with van der Waals surface area (Å²) in [6.07, 6.45) is 1.55. The van der Waals surface area contributed by atoms with Crippen molar-refractivity contribution in [2.45, 2.75) is 32.7 Å². The molecular formula is C11H24N2O2. The smallest absolute Gasteiger partial charge is 0.307 e. The van der Waals surface area contributed by atoms with Crippen LogP contribution in [0.5, 0.6) is 0 Å². The molecule has 1 unspecified atom stereocenters. The maximum Gasteiger partial charge on any atom is 0.307 e. The Hall–Kier alpha value is -0.610. The highest BCUT2D eigenvalue weighted by atomic mass is 16.5. The quantitative estimate of drug-likeness (QED) is 0.483. The first-order valence-electron chi connectivity index (χ1n) is 5.60. The van der Waals surface area contributed by atoms with Crippen molar-refractivity contribution in [3.05, 3.63) is 0 Å². The van der Waals surface area contributed by atoms with Crippen LogP contribution in [0.2, 0.25) is 0 Å². The fraction of sp³-hybridized carbons (Fsp3) is 0.909. The Bertz CT molecular complexity index is 172. The van der Waals surface area contributed by atoms with Gasteiger partial charge in [-0.1, -0.05) is 0 Å². The van der Waals surface area contributed by atoms with Crippen LogP contribution in [0.3, 0.4) is 0 Å². The van der Waals surface area contributed by atoms with Crippen LogP contribution in [0.4, 0.5) is 0 Å². The first-order valence-corrected chi connectivity index (χ1v) is 5.60. The number of esters is 1. The third-order valence-corrected chi connectivity index (χ3v) is 2.05. The predicted octanol–water partition coefficient (Wildman–Crippen LogP) is 0.869. The minimum atomic E-state index is -0.120. The van der Waals surface area contributed by atoms with E-state index >= 15 is 0 Å². The van der Waals surface area contributed by atoms with Crippen molar-refractivity contribution in [2.75, 3.05) is 33.8 Å². The van der Waals surface area contributed by atoms with Crippen molar-refractivity contribution in [2.24, 2.45) is 0 Å². The first-order chi connectivity index (χ1) is 7.06. The predicted molar refractivity (Wildman–Crippen MR) is 61.9 cm³/mol. The normalized spacial score (nSPS) is 12.9. The van der Waals surface area contributed by atoms with E-state index in [1.807, 2.05) is 13.8 Å². The summed E-state index contributed by atoms with van der Waals surface area (Å²) < 4.78 is 4.87. The molecule has 4 nitrogen and oxygen atoms in total. The molecule has 0 saturated heterocycles. The molecule has 0 heterocycles. The number of carbonyl (C=O) groups excluding carboxylic acids is 1. The van der Waals surface area contributed by atoms with Crippen LogP contribution < -0.4 is 5.32 Å². The van der Waals surface area contributed by atoms with E-state index < -0.39 is 0 Å². The van der Waals surface area contributed by atoms with E-state index in [1.165, 1.54) is 0 Å². The molecule has 0 rings (SSSR count). The molecule has 0 bridgehead atoms. The third kappa shape index (κ3) is 9.69. The van der Waals surface area contributed by atoms with Gasteiger partial charge in [-0.05, 0) is 47.5 Å². The standard InChI is InChI=1S/C11H24N2O2/c1-5-15-11(14)9-10(2)12-7-6-8-13(3)4/h10,12H,5-9H2,1-4H3. The van der Waals surface area contributed by atoms with Crippen molar-refractivity contribution >= 4 is 5.97 Å². The fourth-order valence-electron chi connectivity index (χ4n) is 1.29. The van der Waals surface area contributed by atoms with Crippen LogP contribution in [0.1, 0.15) is 26.7 Å². The van der Waals surface area contributed by atoms with Gasteiger partial charge in [-0.2, -0.15) is 0 Å². The summed E-state index contributed by atoms with van der Waals surface area (Å²) in [7, 11) is 4.12. The monoisotopic (exact) mass is 216 g/mol. The molecule has 0 amide bonds. The summed E-state index contributed by atoms with van der Waals surface area (Å²) in [6.45, 7) is 6.31. The fourth-order valence-corrected chi connectivity index (χ4v) is 1.29. The van der Waals surface area contributed by atoms with Gasteiger partial charge in [-0.3, -0.25) is 4.79 Å². The van der Waals surface area contributed by atoms with E-state index in [4.69, 9.17) is 4.74 Å². The minimum absolute atomic E-state index is 0.120. The maximum atomic E-state index is 11.1. The highest BCUT2D eigenvalue weighted by Gasteiger charge is 2.08. The topological polar surface area (TPSA) is 41.6 Å². The molecule has 1 N–H and O–H groups in total. The lowest BCUT2D eigenvalue weighted by Crippen LogP contribution is -2.31. The van der Waals surface area contributed by atoms with E-state index in [-0.39, 0.29) is 12.0 Å². The lowest BCUT2D eigenvalue weighted by Gasteiger charge is -2.14. The molecular weight excluding hydrogens is 192 g/mol. The Morgan fingerprint density at radius 2 is 2.13 bits per heavy atom. The van der Waals surface area contributed by atoms with Gasteiger partial charge in [0.25, 0.3) is 0 Å². The number of carbonyl (C=O) groups is 1. The van der Waals surface area contributed by atoms with Crippen molar-refractivity contribution in [3.63, 3.8) is 0 Å². The van der Waals surface area contributed by atoms with Gasteiger partial charge in [0.05, 0.1) is 13.0 Å². The zero-order valence-electron chi connectivity index (χ0n) is 10.4. The number of rotatable bonds is 8. The van der Waals surface area contributed by atoms with E-state index in [0.29, 0.717) is 13.0 Å². The number of hydrogen-bond donors (Lipinski definition) is 1. The van der Waals surface area contributed by atoms with Gasteiger partial charge in [0.15, 0.2) is 0 Å². The molecule has 0 aliphatic carbocycles. The summed E-state index contributed by atoms with van der Waals surface area (Å²) in [5.41, 5.74) is 0. The van der Waals surface area contributed by atoms with E-state index in [0.717, 1.165) is 19.5 Å². The summed E-state index contributed by atoms with van der Waals surface area (Å²) in [4.78, 5) is 13.3. The summed E-state index contributed by atoms with van der Waals surface area (Å²) in [5.74, 6) is -0.120. The average Bonchev–Trinajstić information content (AvgIpc) is 2.12. The second kappa shape index (κ2) is 8.68. The summed E-state index contributed by atoms with van der Waals surface area (Å²) in [5, 5.41) is 3.30. The van der Waals surface area contributed by atoms with Gasteiger partial charge < -0.3 is 15.0 Å². The molecule has 0 saturated carbocycles. The molecule has 0 aliphatic heterocycles. The Balaban J connectivity index is 3.40. The Morgan fingerprint density at radius 3 is 2.67 bits per heavy atom. The molecule has 0 aromatic heterocycles. The van der Waals surface area contributed by atoms with E-state index in [2.05, 4.69) is 24.3 Å². The molecule has 1 atom stereocenters. The van der Waals surface area contributed by atoms with Gasteiger partial charge in [0.2, 0.25) is 0 Å². The lowest BCUT2D eigenvalue weighted by molar-refractivity contribution is -0.143. The maximum absolute atomic E-state index is 11.1. The zero-order valence-corrected chi connectivity index (χ0v) is 10.4. The highest BCUT2D eigenvalue weighted by Crippen LogP contribution is 1.94. The van der Waals surface area contributed by atoms with Gasteiger partial charge in [0, 0.05) is 6.04 Å². The molecule has 0 aromatic rings. The van der Waals surface area contributed by atoms with Crippen LogP contribution in [-0.4, -0.2) is 50.7 Å². The largest absolute Gasteiger partial charge is 0.466 e. The number of nitrogens with one attached hydrogen (secondary N) is 1. The van der Waals surface area contributed by atoms with Crippen LogP contribution in [-0.2, 0) is 9.53 Å². The van der Waals surface area contributed by atoms with Crippen molar-refractivity contribution in [3.8, 4) is 0 Å². The van der Waals surface area contributed by atoms with Crippen molar-refractivity contribution in [1.29, 1.82) is 0 Å². The molecule has 0 spiro atoms. The van der Waals surface area contributed by atoms with Gasteiger partial charge in [-0.25, -0.2) is 0 Å². The second-order valence-electron chi connectivity index (χ2n) is 4.02. The Morgan fingerprint density at radius 1 is 1.47 bits per heavy atom. The molecule has 90 valence electrons. The van der Waals surface area contributed by atoms with Crippen LogP contribution in [0.15, 0.2) is 0 Å². The molecule has 0 aliphatic rings. The third-order valence-electron chi connectivity index (χ3n) is 2.05. The molecule has 15 heavy (non-hydrogen) atoms. The molecule has 4 heteroatoms. The second-order valence-corrected chi connectivity index (χ2v) is 4.02. The Kier molecular flexibility index (Phi) is 8.33. The molecule has 0 aromatic carbocycles. The van der Waals surface area contributed by atoms with Crippen LogP contribution in [0.25, 0.3) is 0 Å². The van der Waals surface area contributed by atoms with E-state index in [9.17, 15) is 4.79 Å². The number of hydrogen-bond acceptors (Lipinski definition) is 4. The zero-order chi connectivity index (χ0) is 11.7. The molecule has 0 radical (unpaired) electrons. The minimum Gasteiger partial charge on any atom is -0.466 e. The van der Waals surface area contributed by atoms with E-state index in [1.54, 1.807) is 0 Å². The molecule has 0 fully saturated rings. The number of ether oxygens (including phenoxy) is 1. The highest BCUT2D eigenvalue weighted by molar-refractivity contribution is 5.69. The summed E-state index contributed by atoms with van der Waals surface area (Å²) in [6, 6.07) is 0.200. The SMILES string of the molecule is CCOC(=O)CC(C)NCCCN(C)C. The van der Waals surface area contributed by atoms with Crippen LogP contribution >= 0.6 is 0 Å². The summed E-state index contributed by atoms with van der Waals surface area (Å²) >= 11 is 0. The van der Waals surface area contributed by atoms with Gasteiger partial charge >= 0.3 is 5.97 Å².